The molecule has 6 saturated heterocycles. The summed E-state index contributed by atoms with van der Waals surface area (Å²) in [7, 11) is -0.799. The van der Waals surface area contributed by atoms with E-state index >= 15 is 0 Å². The molecule has 2 aromatic rings. The molecule has 200 valence electrons. The number of epoxide rings is 6. The number of rotatable bonds is 14. The lowest BCUT2D eigenvalue weighted by Gasteiger charge is -2.23. The number of ether oxygens (including phenoxy) is 6. The Bertz CT molecular complexity index is 1110. The van der Waals surface area contributed by atoms with Crippen LogP contribution in [0.15, 0.2) is 12.1 Å². The summed E-state index contributed by atoms with van der Waals surface area (Å²) in [5.74, 6) is 0.954. The summed E-state index contributed by atoms with van der Waals surface area (Å²) in [6.45, 7) is 6.82. The van der Waals surface area contributed by atoms with E-state index in [1.54, 1.807) is 0 Å². The third-order valence-corrected chi connectivity index (χ3v) is 13.7. The summed E-state index contributed by atoms with van der Waals surface area (Å²) >= 11 is 0. The minimum atomic E-state index is -1.17. The van der Waals surface area contributed by atoms with E-state index in [4.69, 9.17) is 37.5 Å². The first kappa shape index (κ1) is 23.9. The Labute approximate surface area is 219 Å². The average molecular weight is 567 g/mol. The smallest absolute Gasteiger partial charge is 0.266 e. The molecule has 8 atom stereocenters. The Kier molecular flexibility index (Phi) is 6.42. The molecule has 37 heavy (non-hydrogen) atoms. The molecule has 1 aromatic heterocycles. The second kappa shape index (κ2) is 9.92. The van der Waals surface area contributed by atoms with Crippen LogP contribution < -0.4 is 4.52 Å². The van der Waals surface area contributed by atoms with Crippen LogP contribution in [-0.2, 0) is 66.9 Å². The Hall–Kier alpha value is -0.920. The Morgan fingerprint density at radius 2 is 1.35 bits per heavy atom. The molecule has 0 bridgehead atoms. The number of hydrogen-bond acceptors (Lipinski definition) is 8. The van der Waals surface area contributed by atoms with Gasteiger partial charge in [-0.25, -0.2) is 0 Å². The second-order valence-electron chi connectivity index (χ2n) is 10.7. The van der Waals surface area contributed by atoms with E-state index in [1.807, 2.05) is 0 Å². The number of aromatic nitrogens is 3. The highest BCUT2D eigenvalue weighted by atomic mass is 31.2. The molecule has 1 aromatic carbocycles. The van der Waals surface area contributed by atoms with Gasteiger partial charge in [-0.1, -0.05) is 6.07 Å². The van der Waals surface area contributed by atoms with Crippen LogP contribution in [0.1, 0.15) is 16.7 Å². The Morgan fingerprint density at radius 1 is 0.757 bits per heavy atom. The van der Waals surface area contributed by atoms with E-state index in [-0.39, 0.29) is 12.2 Å². The predicted molar refractivity (Wildman–Crippen MR) is 138 cm³/mol. The van der Waals surface area contributed by atoms with Crippen molar-refractivity contribution in [3.63, 3.8) is 0 Å². The standard InChI is InChI=1S/C24H32N3O7P3/c1-2-24(23(5-18-10-30-18)22(4-17-9-29-17)15(1)3-16-8-28-16)34-37-25-35-26(6-19-11-31-19)36(14-21-13-33-21)27(37)7-20-12-32-20/h1-2,16-21H,3-14H2. The van der Waals surface area contributed by atoms with Crippen molar-refractivity contribution in [2.45, 2.75) is 75.1 Å². The van der Waals surface area contributed by atoms with Gasteiger partial charge in [-0.2, -0.15) is 0 Å². The molecule has 6 aliphatic heterocycles. The lowest BCUT2D eigenvalue weighted by Crippen LogP contribution is -2.13. The highest BCUT2D eigenvalue weighted by Gasteiger charge is 2.35. The van der Waals surface area contributed by atoms with Gasteiger partial charge in [0.2, 0.25) is 0 Å². The fourth-order valence-corrected chi connectivity index (χ4v) is 12.0. The van der Waals surface area contributed by atoms with Gasteiger partial charge < -0.3 is 32.9 Å². The van der Waals surface area contributed by atoms with Crippen molar-refractivity contribution in [1.82, 2.24) is 12.7 Å². The summed E-state index contributed by atoms with van der Waals surface area (Å²) in [5, 5.41) is 0. The van der Waals surface area contributed by atoms with Crippen LogP contribution in [0.25, 0.3) is 0 Å². The first-order valence-electron chi connectivity index (χ1n) is 13.3. The van der Waals surface area contributed by atoms with Crippen LogP contribution >= 0.6 is 24.4 Å². The molecule has 0 aliphatic carbocycles. The zero-order valence-electron chi connectivity index (χ0n) is 20.6. The summed E-state index contributed by atoms with van der Waals surface area (Å²) < 4.78 is 50.9. The fraction of sp³-hybridized carbons (Fsp3) is 0.750. The van der Waals surface area contributed by atoms with Gasteiger partial charge in [0.15, 0.2) is 0 Å². The Balaban J connectivity index is 1.17. The van der Waals surface area contributed by atoms with E-state index in [2.05, 4.69) is 20.3 Å². The predicted octanol–water partition coefficient (Wildman–Crippen LogP) is 3.22. The molecule has 0 amide bonds. The van der Waals surface area contributed by atoms with E-state index in [1.165, 1.54) is 16.7 Å². The highest BCUT2D eigenvalue weighted by Crippen LogP contribution is 2.46. The zero-order chi connectivity index (χ0) is 24.3. The van der Waals surface area contributed by atoms with Crippen molar-refractivity contribution in [3.05, 3.63) is 28.8 Å². The molecule has 8 rings (SSSR count). The van der Waals surface area contributed by atoms with Gasteiger partial charge in [-0.3, -0.25) is 8.18 Å². The van der Waals surface area contributed by atoms with Gasteiger partial charge in [0.1, 0.15) is 14.3 Å². The third-order valence-electron chi connectivity index (χ3n) is 7.44. The van der Waals surface area contributed by atoms with Crippen molar-refractivity contribution < 1.29 is 32.9 Å². The van der Waals surface area contributed by atoms with Crippen molar-refractivity contribution >= 4 is 24.4 Å². The van der Waals surface area contributed by atoms with E-state index in [0.29, 0.717) is 24.4 Å². The van der Waals surface area contributed by atoms with Crippen LogP contribution in [0.3, 0.4) is 0 Å². The molecule has 6 fully saturated rings. The topological polar surface area (TPSA) is 107 Å². The molecular formula is C24H32N3O7P3. The van der Waals surface area contributed by atoms with E-state index < -0.39 is 15.9 Å². The largest absolute Gasteiger partial charge is 0.416 e. The average Bonchev–Trinajstić information content (AvgIpc) is 3.68. The highest BCUT2D eigenvalue weighted by molar-refractivity contribution is 7.58. The van der Waals surface area contributed by atoms with Gasteiger partial charge in [0.05, 0.1) is 89.4 Å². The third kappa shape index (κ3) is 6.14. The summed E-state index contributed by atoms with van der Waals surface area (Å²) in [6, 6.07) is 4.42. The van der Waals surface area contributed by atoms with E-state index in [0.717, 1.165) is 92.4 Å². The molecule has 10 nitrogen and oxygen atoms in total. The molecule has 8 unspecified atom stereocenters. The monoisotopic (exact) mass is 567 g/mol. The number of hydrogen-bond donors (Lipinski definition) is 0. The lowest BCUT2D eigenvalue weighted by atomic mass is 9.91. The number of benzene rings is 1. The van der Waals surface area contributed by atoms with Crippen LogP contribution in [-0.4, -0.2) is 89.0 Å². The van der Waals surface area contributed by atoms with Gasteiger partial charge in [-0.05, 0) is 17.2 Å². The maximum Gasteiger partial charge on any atom is 0.266 e. The summed E-state index contributed by atoms with van der Waals surface area (Å²) in [4.78, 5) is 0. The zero-order valence-corrected chi connectivity index (χ0v) is 23.3. The molecule has 0 saturated carbocycles. The first-order valence-corrected chi connectivity index (χ1v) is 16.7. The normalized spacial score (nSPS) is 33.4. The lowest BCUT2D eigenvalue weighted by molar-refractivity contribution is 0.386. The molecular weight excluding hydrogens is 535 g/mol. The van der Waals surface area contributed by atoms with Gasteiger partial charge in [-0.15, -0.1) is 4.51 Å². The molecule has 0 spiro atoms. The minimum absolute atomic E-state index is 0.269. The maximum absolute atomic E-state index is 6.93. The van der Waals surface area contributed by atoms with Crippen LogP contribution in [0, 0.1) is 0 Å². The molecule has 0 N–H and O–H groups in total. The molecule has 13 heteroatoms. The van der Waals surface area contributed by atoms with Crippen molar-refractivity contribution in [3.8, 4) is 5.75 Å². The molecule has 0 radical (unpaired) electrons. The van der Waals surface area contributed by atoms with Gasteiger partial charge >= 0.3 is 0 Å². The van der Waals surface area contributed by atoms with Crippen molar-refractivity contribution in [2.24, 2.45) is 0 Å². The van der Waals surface area contributed by atoms with Crippen molar-refractivity contribution in [1.29, 1.82) is 0 Å². The Morgan fingerprint density at radius 3 is 2.00 bits per heavy atom. The van der Waals surface area contributed by atoms with Crippen LogP contribution in [0.2, 0.25) is 0 Å². The quantitative estimate of drug-likeness (QED) is 0.321. The van der Waals surface area contributed by atoms with Crippen LogP contribution in [0.5, 0.6) is 5.75 Å². The molecule has 7 heterocycles. The summed E-state index contributed by atoms with van der Waals surface area (Å²) in [5.41, 5.74) is 4.00. The van der Waals surface area contributed by atoms with E-state index in [9.17, 15) is 0 Å². The first-order chi connectivity index (χ1) is 18.2. The molecule has 6 aliphatic rings. The number of nitrogens with zero attached hydrogens (tertiary/aromatic N) is 3. The second-order valence-corrected chi connectivity index (χ2v) is 16.0. The van der Waals surface area contributed by atoms with Crippen LogP contribution in [0.4, 0.5) is 0 Å². The van der Waals surface area contributed by atoms with Gasteiger partial charge in [0.25, 0.3) is 8.08 Å². The maximum atomic E-state index is 6.93. The van der Waals surface area contributed by atoms with Gasteiger partial charge in [0, 0.05) is 38.8 Å². The fourth-order valence-electron chi connectivity index (χ4n) is 4.82. The van der Waals surface area contributed by atoms with Crippen molar-refractivity contribution in [2.75, 3.05) is 39.6 Å². The minimum Gasteiger partial charge on any atom is -0.416 e. The summed E-state index contributed by atoms with van der Waals surface area (Å²) in [6.07, 6.45) is 5.65. The SMILES string of the molecule is c1cc(Op2npn(CC3CO3)p(CC3CO3)n2CC2CO2)c(CC2CO2)c(CC2CO2)c1CC1CO1.